The van der Waals surface area contributed by atoms with Crippen molar-refractivity contribution in [2.45, 2.75) is 31.3 Å². The Morgan fingerprint density at radius 3 is 2.73 bits per heavy atom. The fourth-order valence-electron chi connectivity index (χ4n) is 2.20. The van der Waals surface area contributed by atoms with Gasteiger partial charge in [0.05, 0.1) is 11.8 Å². The average Bonchev–Trinajstić information content (AvgIpc) is 2.66. The maximum atomic E-state index is 10.2. The molecular weight excluding hydrogens is 190 g/mol. The highest BCUT2D eigenvalue weighted by Gasteiger charge is 2.32. The minimum Gasteiger partial charge on any atom is -0.388 e. The minimum absolute atomic E-state index is 0.522. The van der Waals surface area contributed by atoms with Crippen molar-refractivity contribution in [3.63, 3.8) is 0 Å². The summed E-state index contributed by atoms with van der Waals surface area (Å²) in [6.45, 7) is 0.645. The van der Waals surface area contributed by atoms with Crippen LogP contribution in [0.1, 0.15) is 25.7 Å². The minimum atomic E-state index is -0.522. The third kappa shape index (κ3) is 2.45. The van der Waals surface area contributed by atoms with Crippen molar-refractivity contribution in [1.29, 1.82) is 0 Å². The van der Waals surface area contributed by atoms with E-state index in [4.69, 9.17) is 0 Å². The Hall–Kier alpha value is -1.16. The standard InChI is InChI=1S/C11H17N3O/c1-14(10-8-12-6-7-13-10)9-11(15)4-2-3-5-11/h6-8,15H,2-5,9H2,1H3. The lowest BCUT2D eigenvalue weighted by Crippen LogP contribution is -2.39. The number of hydrogen-bond donors (Lipinski definition) is 1. The summed E-state index contributed by atoms with van der Waals surface area (Å²) < 4.78 is 0. The Morgan fingerprint density at radius 2 is 2.13 bits per heavy atom. The van der Waals surface area contributed by atoms with Gasteiger partial charge in [-0.25, -0.2) is 4.98 Å². The lowest BCUT2D eigenvalue weighted by molar-refractivity contribution is 0.0558. The molecule has 0 aromatic carbocycles. The predicted octanol–water partition coefficient (Wildman–Crippen LogP) is 1.22. The number of aromatic nitrogens is 2. The van der Waals surface area contributed by atoms with Gasteiger partial charge in [-0.05, 0) is 12.8 Å². The van der Waals surface area contributed by atoms with Crippen LogP contribution in [0.25, 0.3) is 0 Å². The summed E-state index contributed by atoms with van der Waals surface area (Å²) >= 11 is 0. The molecule has 0 spiro atoms. The first kappa shape index (κ1) is 10.4. The Balaban J connectivity index is 2.00. The normalized spacial score (nSPS) is 19.1. The largest absolute Gasteiger partial charge is 0.388 e. The van der Waals surface area contributed by atoms with Crippen molar-refractivity contribution in [2.75, 3.05) is 18.5 Å². The van der Waals surface area contributed by atoms with Crippen LogP contribution in [0.15, 0.2) is 18.6 Å². The van der Waals surface area contributed by atoms with Crippen LogP contribution >= 0.6 is 0 Å². The highest BCUT2D eigenvalue weighted by Crippen LogP contribution is 2.30. The van der Waals surface area contributed by atoms with Crippen LogP contribution in [-0.2, 0) is 0 Å². The molecule has 0 bridgehead atoms. The van der Waals surface area contributed by atoms with Crippen molar-refractivity contribution >= 4 is 5.82 Å². The molecule has 0 aliphatic heterocycles. The van der Waals surface area contributed by atoms with Crippen molar-refractivity contribution < 1.29 is 5.11 Å². The van der Waals surface area contributed by atoms with Gasteiger partial charge in [0.25, 0.3) is 0 Å². The summed E-state index contributed by atoms with van der Waals surface area (Å²) in [5.74, 6) is 0.817. The van der Waals surface area contributed by atoms with Gasteiger partial charge < -0.3 is 10.0 Å². The molecule has 1 saturated carbocycles. The first-order valence-corrected chi connectivity index (χ1v) is 5.39. The fraction of sp³-hybridized carbons (Fsp3) is 0.636. The van der Waals surface area contributed by atoms with Crippen LogP contribution < -0.4 is 4.90 Å². The maximum Gasteiger partial charge on any atom is 0.146 e. The zero-order valence-corrected chi connectivity index (χ0v) is 9.06. The van der Waals surface area contributed by atoms with Crippen molar-refractivity contribution in [3.05, 3.63) is 18.6 Å². The second-order valence-corrected chi connectivity index (χ2v) is 4.35. The van der Waals surface area contributed by atoms with E-state index in [1.807, 2.05) is 11.9 Å². The summed E-state index contributed by atoms with van der Waals surface area (Å²) in [5.41, 5.74) is -0.522. The number of anilines is 1. The molecule has 2 rings (SSSR count). The number of hydrogen-bond acceptors (Lipinski definition) is 4. The SMILES string of the molecule is CN(CC1(O)CCCC1)c1cnccn1. The fourth-order valence-corrected chi connectivity index (χ4v) is 2.20. The van der Waals surface area contributed by atoms with Crippen molar-refractivity contribution in [3.8, 4) is 0 Å². The summed E-state index contributed by atoms with van der Waals surface area (Å²) in [6.07, 6.45) is 9.11. The highest BCUT2D eigenvalue weighted by atomic mass is 16.3. The molecule has 0 radical (unpaired) electrons. The lowest BCUT2D eigenvalue weighted by atomic mass is 10.0. The Labute approximate surface area is 90.0 Å². The van der Waals surface area contributed by atoms with Crippen LogP contribution in [0, 0.1) is 0 Å². The van der Waals surface area contributed by atoms with E-state index in [1.54, 1.807) is 18.6 Å². The van der Waals surface area contributed by atoms with Gasteiger partial charge in [-0.3, -0.25) is 4.98 Å². The molecule has 1 fully saturated rings. The van der Waals surface area contributed by atoms with Gasteiger partial charge in [0.2, 0.25) is 0 Å². The quantitative estimate of drug-likeness (QED) is 0.809. The molecule has 82 valence electrons. The summed E-state index contributed by atoms with van der Waals surface area (Å²) in [6, 6.07) is 0. The molecule has 15 heavy (non-hydrogen) atoms. The van der Waals surface area contributed by atoms with E-state index in [1.165, 1.54) is 0 Å². The van der Waals surface area contributed by atoms with Crippen LogP contribution in [0.3, 0.4) is 0 Å². The molecule has 1 aromatic rings. The van der Waals surface area contributed by atoms with Gasteiger partial charge in [-0.15, -0.1) is 0 Å². The molecule has 4 nitrogen and oxygen atoms in total. The Morgan fingerprint density at radius 1 is 1.40 bits per heavy atom. The van der Waals surface area contributed by atoms with E-state index < -0.39 is 5.60 Å². The average molecular weight is 207 g/mol. The highest BCUT2D eigenvalue weighted by molar-refractivity contribution is 5.34. The second-order valence-electron chi connectivity index (χ2n) is 4.35. The monoisotopic (exact) mass is 207 g/mol. The molecule has 4 heteroatoms. The molecule has 0 atom stereocenters. The summed E-state index contributed by atoms with van der Waals surface area (Å²) in [7, 11) is 1.94. The lowest BCUT2D eigenvalue weighted by Gasteiger charge is -2.28. The van der Waals surface area contributed by atoms with Crippen molar-refractivity contribution in [2.24, 2.45) is 0 Å². The third-order valence-corrected chi connectivity index (χ3v) is 3.01. The van der Waals surface area contributed by atoms with Gasteiger partial charge in [0.15, 0.2) is 0 Å². The number of aliphatic hydroxyl groups is 1. The van der Waals surface area contributed by atoms with Crippen LogP contribution in [0.4, 0.5) is 5.82 Å². The Kier molecular flexibility index (Phi) is 2.86. The molecular formula is C11H17N3O. The summed E-state index contributed by atoms with van der Waals surface area (Å²) in [5, 5.41) is 10.2. The van der Waals surface area contributed by atoms with E-state index in [0.717, 1.165) is 31.5 Å². The first-order chi connectivity index (χ1) is 7.20. The number of likely N-dealkylation sites (N-methyl/N-ethyl adjacent to an activating group) is 1. The molecule has 1 aromatic heterocycles. The smallest absolute Gasteiger partial charge is 0.146 e. The zero-order chi connectivity index (χ0) is 10.7. The first-order valence-electron chi connectivity index (χ1n) is 5.39. The maximum absolute atomic E-state index is 10.2. The molecule has 0 amide bonds. The van der Waals surface area contributed by atoms with Crippen LogP contribution in [0.2, 0.25) is 0 Å². The van der Waals surface area contributed by atoms with Crippen molar-refractivity contribution in [1.82, 2.24) is 9.97 Å². The Bertz CT molecular complexity index is 309. The number of nitrogens with zero attached hydrogens (tertiary/aromatic N) is 3. The van der Waals surface area contributed by atoms with Gasteiger partial charge in [-0.1, -0.05) is 12.8 Å². The second kappa shape index (κ2) is 4.14. The van der Waals surface area contributed by atoms with Gasteiger partial charge in [0.1, 0.15) is 5.82 Å². The summed E-state index contributed by atoms with van der Waals surface area (Å²) in [4.78, 5) is 10.2. The van der Waals surface area contributed by atoms with Crippen LogP contribution in [0.5, 0.6) is 0 Å². The molecule has 1 aliphatic rings. The van der Waals surface area contributed by atoms with Crippen LogP contribution in [-0.4, -0.2) is 34.3 Å². The van der Waals surface area contributed by atoms with E-state index in [-0.39, 0.29) is 0 Å². The topological polar surface area (TPSA) is 49.2 Å². The van der Waals surface area contributed by atoms with E-state index in [0.29, 0.717) is 6.54 Å². The number of rotatable bonds is 3. The molecule has 1 N–H and O–H groups in total. The molecule has 1 aliphatic carbocycles. The molecule has 0 saturated heterocycles. The third-order valence-electron chi connectivity index (χ3n) is 3.01. The van der Waals surface area contributed by atoms with Gasteiger partial charge in [-0.2, -0.15) is 0 Å². The van der Waals surface area contributed by atoms with Gasteiger partial charge >= 0.3 is 0 Å². The molecule has 1 heterocycles. The van der Waals surface area contributed by atoms with E-state index >= 15 is 0 Å². The van der Waals surface area contributed by atoms with Gasteiger partial charge in [0, 0.05) is 26.0 Å². The van der Waals surface area contributed by atoms with E-state index in [2.05, 4.69) is 9.97 Å². The van der Waals surface area contributed by atoms with E-state index in [9.17, 15) is 5.11 Å². The predicted molar refractivity (Wildman–Crippen MR) is 58.7 cm³/mol. The molecule has 0 unspecified atom stereocenters. The zero-order valence-electron chi connectivity index (χ0n) is 9.06.